The van der Waals surface area contributed by atoms with Crippen LogP contribution in [-0.2, 0) is 78.3 Å². The van der Waals surface area contributed by atoms with Gasteiger partial charge in [0.05, 0.1) is 104 Å². The Labute approximate surface area is 625 Å². The summed E-state index contributed by atoms with van der Waals surface area (Å²) in [5, 5.41) is 40.7. The number of nitrogens with zero attached hydrogens (tertiary/aromatic N) is 2. The summed E-state index contributed by atoms with van der Waals surface area (Å²) in [6.45, 7) is 32.8. The molecule has 0 heterocycles. The van der Waals surface area contributed by atoms with Gasteiger partial charge in [-0.2, -0.15) is 0 Å². The molecular formula is C72H140N6O20Si5. The Morgan fingerprint density at radius 3 is 1.46 bits per heavy atom. The molecule has 0 amide bonds. The fourth-order valence-corrected chi connectivity index (χ4v) is 32.7. The largest absolute Gasteiger partial charge is 0.507 e. The Kier molecular flexibility index (Phi) is 47.6. The van der Waals surface area contributed by atoms with Crippen LogP contribution in [0.15, 0.2) is 30.3 Å². The highest BCUT2D eigenvalue weighted by Gasteiger charge is 2.53. The molecule has 2 fully saturated rings. The molecule has 3 rings (SSSR count). The van der Waals surface area contributed by atoms with Crippen LogP contribution in [0.4, 0.5) is 0 Å². The first kappa shape index (κ1) is 94.7. The molecular weight excluding hydrogens is 1410 g/mol. The van der Waals surface area contributed by atoms with E-state index in [1.165, 1.54) is 0 Å². The van der Waals surface area contributed by atoms with E-state index in [0.29, 0.717) is 96.5 Å². The second kappa shape index (κ2) is 51.8. The van der Waals surface area contributed by atoms with Gasteiger partial charge < -0.3 is 96.5 Å². The smallest absolute Gasteiger partial charge is 0.466 e. The standard InChI is InChI=1S/C72H140N6O20Si5/c1-16-91-69(82)43-67(71(84)93-18-3)77(9)61-32-28-59(29-33-61)42-60-30-34-62(35-31-60)78(68(72(85)94-19-4)44-70(83)92-17-2)47-65(81)54-88-38-24-40-100(10,11)96-102(14,15)98-103(66-26-21-20-22-27-66,95-99-39-23-36-86-52-63(79)45-75-57(7)50-89-48-55(5)73)97-101(12,13)41-25-37-87-53-64(80)46-76-58(8)51-90-49-56(6)74/h20-22,26-27,55-65,67-68,75-76,79-81H,16-19,23-25,28-54,73-74H2,1-15H3. The summed E-state index contributed by atoms with van der Waals surface area (Å²) in [6.07, 6.45) is 7.78. The monoisotopic (exact) mass is 1550 g/mol. The molecule has 2 aliphatic carbocycles. The van der Waals surface area contributed by atoms with Gasteiger partial charge in [0.1, 0.15) is 12.1 Å². The fourth-order valence-electron chi connectivity index (χ4n) is 13.4. The van der Waals surface area contributed by atoms with Crippen LogP contribution in [0.1, 0.15) is 145 Å². The van der Waals surface area contributed by atoms with Crippen molar-refractivity contribution in [2.75, 3.05) is 119 Å². The fraction of sp³-hybridized carbons (Fsp3) is 0.861. The number of aliphatic hydroxyl groups excluding tert-OH is 3. The van der Waals surface area contributed by atoms with Gasteiger partial charge in [0, 0.05) is 80.9 Å². The molecule has 2 aliphatic rings. The number of hydrogen-bond donors (Lipinski definition) is 7. The first-order valence-electron chi connectivity index (χ1n) is 38.5. The van der Waals surface area contributed by atoms with E-state index < -0.39 is 88.3 Å². The number of hydrogen-bond acceptors (Lipinski definition) is 26. The van der Waals surface area contributed by atoms with Crippen molar-refractivity contribution >= 4 is 72.8 Å². The number of rotatable bonds is 59. The maximum absolute atomic E-state index is 13.9. The van der Waals surface area contributed by atoms with Crippen LogP contribution in [0.5, 0.6) is 0 Å². The van der Waals surface area contributed by atoms with Gasteiger partial charge >= 0.3 is 41.2 Å². The highest BCUT2D eigenvalue weighted by atomic mass is 28.5. The molecule has 0 spiro atoms. The third-order valence-corrected chi connectivity index (χ3v) is 35.2. The molecule has 26 nitrogen and oxygen atoms in total. The predicted octanol–water partition coefficient (Wildman–Crippen LogP) is 6.55. The van der Waals surface area contributed by atoms with Crippen LogP contribution in [0, 0.1) is 11.8 Å². The Hall–Kier alpha value is -2.54. The molecule has 1 aromatic rings. The highest BCUT2D eigenvalue weighted by molar-refractivity contribution is 6.94. The number of nitrogens with two attached hydrogens (primary N) is 2. The number of aliphatic hydroxyl groups is 3. The minimum absolute atomic E-state index is 0.0116. The molecule has 0 aromatic heterocycles. The van der Waals surface area contributed by atoms with Crippen LogP contribution >= 0.6 is 0 Å². The lowest BCUT2D eigenvalue weighted by atomic mass is 9.75. The minimum Gasteiger partial charge on any atom is -0.466 e. The summed E-state index contributed by atoms with van der Waals surface area (Å²) in [5.41, 5.74) is 11.6. The molecule has 10 unspecified atom stereocenters. The quantitative estimate of drug-likeness (QED) is 0.0157. The van der Waals surface area contributed by atoms with E-state index >= 15 is 0 Å². The zero-order chi connectivity index (χ0) is 76.4. The van der Waals surface area contributed by atoms with Gasteiger partial charge in [-0.15, -0.1) is 0 Å². The van der Waals surface area contributed by atoms with E-state index in [1.54, 1.807) is 27.7 Å². The Balaban J connectivity index is 1.70. The Morgan fingerprint density at radius 2 is 0.981 bits per heavy atom. The summed E-state index contributed by atoms with van der Waals surface area (Å²) in [7, 11) is -10.0. The van der Waals surface area contributed by atoms with E-state index in [4.69, 9.17) is 70.6 Å². The molecule has 0 bridgehead atoms. The van der Waals surface area contributed by atoms with Crippen molar-refractivity contribution in [1.82, 2.24) is 20.4 Å². The first-order chi connectivity index (χ1) is 48.9. The van der Waals surface area contributed by atoms with E-state index in [9.17, 15) is 34.5 Å². The van der Waals surface area contributed by atoms with Gasteiger partial charge in [0.2, 0.25) is 9.76 Å². The second-order valence-corrected chi connectivity index (χ2v) is 46.6. The van der Waals surface area contributed by atoms with E-state index in [0.717, 1.165) is 75.1 Å². The van der Waals surface area contributed by atoms with E-state index in [2.05, 4.69) is 49.9 Å². The molecule has 0 saturated heterocycles. The molecule has 598 valence electrons. The summed E-state index contributed by atoms with van der Waals surface area (Å²) >= 11 is 0. The van der Waals surface area contributed by atoms with E-state index in [-0.39, 0.29) is 112 Å². The van der Waals surface area contributed by atoms with Crippen molar-refractivity contribution in [3.8, 4) is 0 Å². The van der Waals surface area contributed by atoms with E-state index in [1.807, 2.05) is 74.9 Å². The Morgan fingerprint density at radius 1 is 0.544 bits per heavy atom. The minimum atomic E-state index is -3.75. The lowest BCUT2D eigenvalue weighted by Crippen LogP contribution is -2.67. The van der Waals surface area contributed by atoms with Crippen molar-refractivity contribution in [2.24, 2.45) is 23.3 Å². The average Bonchev–Trinajstić information content (AvgIpc) is 0.779. The zero-order valence-corrected chi connectivity index (χ0v) is 70.8. The zero-order valence-electron chi connectivity index (χ0n) is 65.8. The van der Waals surface area contributed by atoms with Crippen molar-refractivity contribution in [3.05, 3.63) is 30.3 Å². The lowest BCUT2D eigenvalue weighted by Gasteiger charge is -2.43. The number of benzene rings is 1. The number of carbonyl (C=O) groups excluding carboxylic acids is 4. The van der Waals surface area contributed by atoms with Crippen molar-refractivity contribution in [3.63, 3.8) is 0 Å². The third kappa shape index (κ3) is 40.6. The molecule has 103 heavy (non-hydrogen) atoms. The van der Waals surface area contributed by atoms with Crippen LogP contribution in [-0.4, -0.2) is 279 Å². The number of ether oxygens (including phenoxy) is 9. The normalized spacial score (nSPS) is 20.3. The number of esters is 4. The first-order valence-corrected chi connectivity index (χ1v) is 50.3. The van der Waals surface area contributed by atoms with Crippen molar-refractivity contribution < 1.29 is 93.6 Å². The topological polar surface area (TPSA) is 332 Å². The van der Waals surface area contributed by atoms with Gasteiger partial charge in [-0.25, -0.2) is 0 Å². The predicted molar refractivity (Wildman–Crippen MR) is 411 cm³/mol. The lowest BCUT2D eigenvalue weighted by molar-refractivity contribution is -0.158. The second-order valence-electron chi connectivity index (χ2n) is 30.0. The van der Waals surface area contributed by atoms with Gasteiger partial charge in [-0.3, -0.25) is 29.0 Å². The third-order valence-electron chi connectivity index (χ3n) is 18.3. The Bertz CT molecular complexity index is 2430. The summed E-state index contributed by atoms with van der Waals surface area (Å²) < 4.78 is 80.3. The maximum atomic E-state index is 13.9. The summed E-state index contributed by atoms with van der Waals surface area (Å²) in [4.78, 5) is 56.6. The van der Waals surface area contributed by atoms with Gasteiger partial charge in [0.15, 0.2) is 16.6 Å². The molecule has 31 heteroatoms. The van der Waals surface area contributed by atoms with Crippen LogP contribution in [0.2, 0.25) is 57.4 Å². The molecule has 1 aromatic carbocycles. The molecule has 9 N–H and O–H groups in total. The maximum Gasteiger partial charge on any atom is 0.507 e. The van der Waals surface area contributed by atoms with Crippen molar-refractivity contribution in [2.45, 2.75) is 269 Å². The summed E-state index contributed by atoms with van der Waals surface area (Å²) in [5.74, 6) is -0.855. The molecule has 10 atom stereocenters. The SMILES string of the molecule is CCOC(=O)CC(C(=O)OCC)N(C)C1CCC(CC2CCC(N(CC(O)COCCC[Si](C)(C)O[Si](C)(C)O[Si](O[Si]CCCOCC(O)CNC(C)COCC(C)N)(O[Si](C)(C)CCCOCC(O)CNC(C)COCC(C)N)c3ccccc3)C(CC(=O)OCC)C(=O)OCC)CC2)CC1. The average molecular weight is 1550 g/mol. The number of nitrogens with one attached hydrogen (secondary N) is 2. The summed E-state index contributed by atoms with van der Waals surface area (Å²) in [6, 6.07) is 10.5. The van der Waals surface area contributed by atoms with Crippen LogP contribution in [0.3, 0.4) is 0 Å². The number of likely N-dealkylation sites (N-methyl/N-ethyl adjacent to an activating group) is 1. The molecule has 0 aliphatic heterocycles. The van der Waals surface area contributed by atoms with Gasteiger partial charge in [-0.05, 0) is 209 Å². The highest BCUT2D eigenvalue weighted by Crippen LogP contribution is 2.39. The van der Waals surface area contributed by atoms with Crippen LogP contribution < -0.4 is 27.3 Å². The van der Waals surface area contributed by atoms with Crippen molar-refractivity contribution in [1.29, 1.82) is 0 Å². The molecule has 2 saturated carbocycles. The number of carbonyl (C=O) groups is 4. The molecule has 2 radical (unpaired) electrons. The van der Waals surface area contributed by atoms with Gasteiger partial charge in [0.25, 0.3) is 0 Å². The van der Waals surface area contributed by atoms with Gasteiger partial charge in [-0.1, -0.05) is 30.3 Å². The van der Waals surface area contributed by atoms with Crippen LogP contribution in [0.25, 0.3) is 0 Å².